The van der Waals surface area contributed by atoms with Gasteiger partial charge in [-0.3, -0.25) is 9.59 Å². The van der Waals surface area contributed by atoms with Crippen LogP contribution >= 0.6 is 11.8 Å². The van der Waals surface area contributed by atoms with Gasteiger partial charge in [-0.05, 0) is 31.4 Å². The summed E-state index contributed by atoms with van der Waals surface area (Å²) in [6.07, 6.45) is 3.75. The van der Waals surface area contributed by atoms with Crippen LogP contribution in [0.4, 0.5) is 0 Å². The highest BCUT2D eigenvalue weighted by molar-refractivity contribution is 7.99. The molecule has 1 aliphatic carbocycles. The van der Waals surface area contributed by atoms with E-state index in [1.54, 1.807) is 0 Å². The first-order valence-electron chi connectivity index (χ1n) is 7.39. The molecule has 1 saturated carbocycles. The minimum absolute atomic E-state index is 0.0420. The van der Waals surface area contributed by atoms with Crippen molar-refractivity contribution >= 4 is 23.6 Å². The third-order valence-corrected chi connectivity index (χ3v) is 5.62. The molecule has 1 N–H and O–H groups in total. The van der Waals surface area contributed by atoms with Crippen LogP contribution in [0.25, 0.3) is 0 Å². The number of rotatable bonds is 5. The number of hydrogen-bond donors (Lipinski definition) is 1. The summed E-state index contributed by atoms with van der Waals surface area (Å²) in [6, 6.07) is 0.270. The molecule has 4 atom stereocenters. The van der Waals surface area contributed by atoms with Crippen molar-refractivity contribution in [3.8, 4) is 0 Å². The van der Waals surface area contributed by atoms with Crippen LogP contribution in [-0.4, -0.2) is 58.7 Å². The Morgan fingerprint density at radius 2 is 2.15 bits per heavy atom. The van der Waals surface area contributed by atoms with Crippen LogP contribution in [0.3, 0.4) is 0 Å². The zero-order valence-electron chi connectivity index (χ0n) is 11.5. The predicted octanol–water partition coefficient (Wildman–Crippen LogP) is 1.22. The van der Waals surface area contributed by atoms with E-state index >= 15 is 0 Å². The molecule has 3 fully saturated rings. The Hall–Kier alpha value is -0.750. The van der Waals surface area contributed by atoms with Crippen LogP contribution in [0.15, 0.2) is 0 Å². The molecule has 2 aliphatic heterocycles. The van der Waals surface area contributed by atoms with Gasteiger partial charge in [0.2, 0.25) is 5.91 Å². The molecular weight excluding hydrogens is 278 g/mol. The number of carboxylic acids is 1. The molecule has 6 heteroatoms. The van der Waals surface area contributed by atoms with Crippen molar-refractivity contribution in [2.45, 2.75) is 37.8 Å². The number of carbonyl (C=O) groups is 2. The van der Waals surface area contributed by atoms with Gasteiger partial charge >= 0.3 is 5.97 Å². The van der Waals surface area contributed by atoms with Gasteiger partial charge in [0.05, 0.1) is 17.9 Å². The molecule has 1 amide bonds. The van der Waals surface area contributed by atoms with Crippen molar-refractivity contribution in [3.63, 3.8) is 0 Å². The van der Waals surface area contributed by atoms with Gasteiger partial charge in [-0.25, -0.2) is 0 Å². The molecule has 2 saturated heterocycles. The summed E-state index contributed by atoms with van der Waals surface area (Å²) < 4.78 is 5.65. The molecule has 3 rings (SSSR count). The first-order valence-corrected chi connectivity index (χ1v) is 8.55. The summed E-state index contributed by atoms with van der Waals surface area (Å²) in [5.41, 5.74) is 0. The molecule has 0 aromatic heterocycles. The van der Waals surface area contributed by atoms with E-state index in [0.717, 1.165) is 37.4 Å². The second kappa shape index (κ2) is 5.93. The number of carbonyl (C=O) groups excluding carboxylic acids is 1. The first kappa shape index (κ1) is 14.2. The van der Waals surface area contributed by atoms with E-state index in [-0.39, 0.29) is 24.0 Å². The van der Waals surface area contributed by atoms with Crippen molar-refractivity contribution in [2.75, 3.05) is 24.7 Å². The molecule has 0 aromatic carbocycles. The van der Waals surface area contributed by atoms with Gasteiger partial charge in [0.15, 0.2) is 0 Å². The fourth-order valence-corrected chi connectivity index (χ4v) is 4.37. The summed E-state index contributed by atoms with van der Waals surface area (Å²) in [5.74, 6) is 0.528. The highest BCUT2D eigenvalue weighted by Crippen LogP contribution is 2.41. The third kappa shape index (κ3) is 2.96. The monoisotopic (exact) mass is 299 g/mol. The standard InChI is InChI=1S/C14H21NO4S/c16-13(11-6-12(11)14(17)18)15(9-3-5-20-8-9)7-10-2-1-4-19-10/h9-12H,1-8H2,(H,17,18)/t9?,10?,11-,12+/m1/s1. The van der Waals surface area contributed by atoms with E-state index in [1.165, 1.54) is 0 Å². The fraction of sp³-hybridized carbons (Fsp3) is 0.857. The lowest BCUT2D eigenvalue weighted by Crippen LogP contribution is -2.45. The topological polar surface area (TPSA) is 66.8 Å². The van der Waals surface area contributed by atoms with E-state index in [4.69, 9.17) is 9.84 Å². The summed E-state index contributed by atoms with van der Waals surface area (Å²) in [5, 5.41) is 9.00. The van der Waals surface area contributed by atoms with Gasteiger partial charge in [-0.2, -0.15) is 11.8 Å². The number of ether oxygens (including phenoxy) is 1. The normalized spacial score (nSPS) is 36.0. The van der Waals surface area contributed by atoms with Crippen LogP contribution in [0.1, 0.15) is 25.7 Å². The summed E-state index contributed by atoms with van der Waals surface area (Å²) in [6.45, 7) is 1.43. The van der Waals surface area contributed by atoms with Gasteiger partial charge in [0.1, 0.15) is 0 Å². The summed E-state index contributed by atoms with van der Waals surface area (Å²) >= 11 is 1.87. The van der Waals surface area contributed by atoms with Gasteiger partial charge in [-0.15, -0.1) is 0 Å². The van der Waals surface area contributed by atoms with Crippen LogP contribution in [0.5, 0.6) is 0 Å². The van der Waals surface area contributed by atoms with Crippen molar-refractivity contribution in [3.05, 3.63) is 0 Å². The number of carboxylic acid groups (broad SMARTS) is 1. The smallest absolute Gasteiger partial charge is 0.307 e. The van der Waals surface area contributed by atoms with E-state index in [2.05, 4.69) is 0 Å². The van der Waals surface area contributed by atoms with Crippen molar-refractivity contribution in [1.82, 2.24) is 4.90 Å². The maximum absolute atomic E-state index is 12.6. The van der Waals surface area contributed by atoms with Crippen molar-refractivity contribution < 1.29 is 19.4 Å². The van der Waals surface area contributed by atoms with E-state index in [9.17, 15) is 9.59 Å². The average molecular weight is 299 g/mol. The zero-order chi connectivity index (χ0) is 14.1. The van der Waals surface area contributed by atoms with Gasteiger partial charge in [-0.1, -0.05) is 0 Å². The SMILES string of the molecule is O=C(O)[C@H]1C[C@H]1C(=O)N(CC1CCCO1)C1CCSC1. The van der Waals surface area contributed by atoms with Crippen LogP contribution in [0.2, 0.25) is 0 Å². The highest BCUT2D eigenvalue weighted by atomic mass is 32.2. The molecular formula is C14H21NO4S. The Bertz CT molecular complexity index is 391. The second-order valence-electron chi connectivity index (χ2n) is 5.93. The lowest BCUT2D eigenvalue weighted by Gasteiger charge is -2.31. The molecule has 2 heterocycles. The minimum Gasteiger partial charge on any atom is -0.481 e. The number of aliphatic carboxylic acids is 1. The molecule has 20 heavy (non-hydrogen) atoms. The molecule has 0 bridgehead atoms. The summed E-state index contributed by atoms with van der Waals surface area (Å²) in [4.78, 5) is 25.5. The van der Waals surface area contributed by atoms with Gasteiger partial charge in [0, 0.05) is 24.9 Å². The predicted molar refractivity (Wildman–Crippen MR) is 75.6 cm³/mol. The Morgan fingerprint density at radius 1 is 1.30 bits per heavy atom. The molecule has 2 unspecified atom stereocenters. The lowest BCUT2D eigenvalue weighted by atomic mass is 10.1. The largest absolute Gasteiger partial charge is 0.481 e. The first-order chi connectivity index (χ1) is 9.66. The maximum atomic E-state index is 12.6. The maximum Gasteiger partial charge on any atom is 0.307 e. The number of amides is 1. The Labute approximate surface area is 123 Å². The zero-order valence-corrected chi connectivity index (χ0v) is 12.3. The molecule has 3 aliphatic rings. The van der Waals surface area contributed by atoms with Crippen LogP contribution in [-0.2, 0) is 14.3 Å². The number of thioether (sulfide) groups is 1. The Balaban J connectivity index is 1.64. The average Bonchev–Trinajstić information content (AvgIpc) is 2.84. The Morgan fingerprint density at radius 3 is 2.70 bits per heavy atom. The van der Waals surface area contributed by atoms with E-state index in [1.807, 2.05) is 16.7 Å². The van der Waals surface area contributed by atoms with Crippen LogP contribution < -0.4 is 0 Å². The second-order valence-corrected chi connectivity index (χ2v) is 7.08. The molecule has 0 spiro atoms. The summed E-state index contributed by atoms with van der Waals surface area (Å²) in [7, 11) is 0. The lowest BCUT2D eigenvalue weighted by molar-refractivity contribution is -0.143. The minimum atomic E-state index is -0.832. The molecule has 112 valence electrons. The van der Waals surface area contributed by atoms with E-state index in [0.29, 0.717) is 13.0 Å². The third-order valence-electron chi connectivity index (χ3n) is 4.48. The fourth-order valence-electron chi connectivity index (χ4n) is 3.15. The van der Waals surface area contributed by atoms with Crippen LogP contribution in [0, 0.1) is 11.8 Å². The molecule has 0 radical (unpaired) electrons. The Kier molecular flexibility index (Phi) is 4.21. The van der Waals surface area contributed by atoms with Gasteiger partial charge < -0.3 is 14.7 Å². The molecule has 5 nitrogen and oxygen atoms in total. The number of hydrogen-bond acceptors (Lipinski definition) is 4. The highest BCUT2D eigenvalue weighted by Gasteiger charge is 2.51. The number of nitrogens with zero attached hydrogens (tertiary/aromatic N) is 1. The van der Waals surface area contributed by atoms with E-state index < -0.39 is 11.9 Å². The van der Waals surface area contributed by atoms with Gasteiger partial charge in [0.25, 0.3) is 0 Å². The molecule has 0 aromatic rings. The van der Waals surface area contributed by atoms with Crippen molar-refractivity contribution in [1.29, 1.82) is 0 Å². The van der Waals surface area contributed by atoms with Crippen molar-refractivity contribution in [2.24, 2.45) is 11.8 Å². The quantitative estimate of drug-likeness (QED) is 0.827.